The van der Waals surface area contributed by atoms with Crippen LogP contribution in [0.1, 0.15) is 56.6 Å². The SMILES string of the molecule is CC(C)[C@@H](C)c1c(F)cc(C2CC2)cc1F. The van der Waals surface area contributed by atoms with Gasteiger partial charge in [-0.2, -0.15) is 0 Å². The van der Waals surface area contributed by atoms with Crippen LogP contribution in [0, 0.1) is 17.6 Å². The topological polar surface area (TPSA) is 0 Å². The number of hydrogen-bond acceptors (Lipinski definition) is 0. The molecule has 0 heterocycles. The van der Waals surface area contributed by atoms with Crippen molar-refractivity contribution in [2.45, 2.75) is 45.4 Å². The van der Waals surface area contributed by atoms with E-state index < -0.39 is 0 Å². The molecule has 88 valence electrons. The van der Waals surface area contributed by atoms with E-state index in [0.717, 1.165) is 18.4 Å². The van der Waals surface area contributed by atoms with Crippen molar-refractivity contribution < 1.29 is 8.78 Å². The molecule has 1 saturated carbocycles. The van der Waals surface area contributed by atoms with Gasteiger partial charge in [0.25, 0.3) is 0 Å². The van der Waals surface area contributed by atoms with E-state index >= 15 is 0 Å². The third kappa shape index (κ3) is 2.11. The van der Waals surface area contributed by atoms with Gasteiger partial charge in [0.15, 0.2) is 0 Å². The molecule has 1 aliphatic rings. The molecule has 0 nitrogen and oxygen atoms in total. The van der Waals surface area contributed by atoms with Crippen molar-refractivity contribution >= 4 is 0 Å². The largest absolute Gasteiger partial charge is 0.207 e. The summed E-state index contributed by atoms with van der Waals surface area (Å²) in [5.74, 6) is -0.178. The van der Waals surface area contributed by atoms with Crippen molar-refractivity contribution in [3.8, 4) is 0 Å². The maximum absolute atomic E-state index is 13.9. The summed E-state index contributed by atoms with van der Waals surface area (Å²) in [7, 11) is 0. The first kappa shape index (κ1) is 11.6. The van der Waals surface area contributed by atoms with Gasteiger partial charge in [0, 0.05) is 5.56 Å². The zero-order valence-corrected chi connectivity index (χ0v) is 10.1. The van der Waals surface area contributed by atoms with Gasteiger partial charge >= 0.3 is 0 Å². The molecule has 1 fully saturated rings. The predicted molar refractivity (Wildman–Crippen MR) is 61.6 cm³/mol. The third-order valence-electron chi connectivity index (χ3n) is 3.61. The Hall–Kier alpha value is -0.920. The van der Waals surface area contributed by atoms with E-state index in [-0.39, 0.29) is 29.0 Å². The Kier molecular flexibility index (Phi) is 3.00. The second kappa shape index (κ2) is 4.15. The van der Waals surface area contributed by atoms with Gasteiger partial charge in [0.2, 0.25) is 0 Å². The zero-order chi connectivity index (χ0) is 11.9. The molecule has 2 rings (SSSR count). The highest BCUT2D eigenvalue weighted by molar-refractivity contribution is 5.32. The molecule has 0 amide bonds. The summed E-state index contributed by atoms with van der Waals surface area (Å²) in [6, 6.07) is 3.05. The minimum absolute atomic E-state index is 0.0757. The molecule has 0 saturated heterocycles. The first-order chi connectivity index (χ1) is 7.50. The summed E-state index contributed by atoms with van der Waals surface area (Å²) in [4.78, 5) is 0. The van der Waals surface area contributed by atoms with E-state index in [0.29, 0.717) is 5.92 Å². The lowest BCUT2D eigenvalue weighted by atomic mass is 9.88. The van der Waals surface area contributed by atoms with Crippen LogP contribution in [0.15, 0.2) is 12.1 Å². The molecule has 2 heteroatoms. The fraction of sp³-hybridized carbons (Fsp3) is 0.571. The highest BCUT2D eigenvalue weighted by atomic mass is 19.1. The van der Waals surface area contributed by atoms with E-state index in [4.69, 9.17) is 0 Å². The lowest BCUT2D eigenvalue weighted by Crippen LogP contribution is -2.08. The molecule has 0 unspecified atom stereocenters. The Bertz CT molecular complexity index is 369. The summed E-state index contributed by atoms with van der Waals surface area (Å²) in [6.45, 7) is 5.85. The number of rotatable bonds is 3. The van der Waals surface area contributed by atoms with Crippen molar-refractivity contribution in [1.82, 2.24) is 0 Å². The summed E-state index contributed by atoms with van der Waals surface area (Å²) < 4.78 is 27.7. The molecule has 16 heavy (non-hydrogen) atoms. The van der Waals surface area contributed by atoms with Crippen LogP contribution < -0.4 is 0 Å². The fourth-order valence-electron chi connectivity index (χ4n) is 2.02. The molecule has 0 radical (unpaired) electrons. The summed E-state index contributed by atoms with van der Waals surface area (Å²) in [5, 5.41) is 0. The molecule has 0 bridgehead atoms. The zero-order valence-electron chi connectivity index (χ0n) is 10.1. The lowest BCUT2D eigenvalue weighted by molar-refractivity contribution is 0.467. The van der Waals surface area contributed by atoms with E-state index in [1.165, 1.54) is 12.1 Å². The molecule has 1 aromatic rings. The summed E-state index contributed by atoms with van der Waals surface area (Å²) in [5.41, 5.74) is 1.08. The number of hydrogen-bond donors (Lipinski definition) is 0. The monoisotopic (exact) mass is 224 g/mol. The van der Waals surface area contributed by atoms with Crippen molar-refractivity contribution in [1.29, 1.82) is 0 Å². The Balaban J connectivity index is 2.38. The first-order valence-corrected chi connectivity index (χ1v) is 5.99. The van der Waals surface area contributed by atoms with Crippen LogP contribution in [0.4, 0.5) is 8.78 Å². The second-order valence-electron chi connectivity index (χ2n) is 5.21. The molecule has 1 atom stereocenters. The molecule has 0 spiro atoms. The number of benzene rings is 1. The van der Waals surface area contributed by atoms with Gasteiger partial charge in [-0.25, -0.2) is 8.78 Å². The molecule has 0 aliphatic heterocycles. The van der Waals surface area contributed by atoms with Gasteiger partial charge in [-0.15, -0.1) is 0 Å². The predicted octanol–water partition coefficient (Wildman–Crippen LogP) is 4.60. The Morgan fingerprint density at radius 1 is 1.06 bits per heavy atom. The van der Waals surface area contributed by atoms with Gasteiger partial charge in [-0.1, -0.05) is 20.8 Å². The van der Waals surface area contributed by atoms with Gasteiger partial charge in [-0.3, -0.25) is 0 Å². The van der Waals surface area contributed by atoms with E-state index in [9.17, 15) is 8.78 Å². The maximum atomic E-state index is 13.9. The van der Waals surface area contributed by atoms with Crippen molar-refractivity contribution in [2.75, 3.05) is 0 Å². The molecule has 1 aromatic carbocycles. The minimum Gasteiger partial charge on any atom is -0.207 e. The van der Waals surface area contributed by atoms with Crippen LogP contribution in [0.5, 0.6) is 0 Å². The first-order valence-electron chi connectivity index (χ1n) is 5.99. The molecular formula is C14H18F2. The van der Waals surface area contributed by atoms with Crippen LogP contribution >= 0.6 is 0 Å². The van der Waals surface area contributed by atoms with Gasteiger partial charge in [-0.05, 0) is 48.3 Å². The highest BCUT2D eigenvalue weighted by Crippen LogP contribution is 2.41. The normalized spacial score (nSPS) is 17.9. The van der Waals surface area contributed by atoms with Crippen LogP contribution in [0.3, 0.4) is 0 Å². The average Bonchev–Trinajstić information content (AvgIpc) is 2.98. The number of halogens is 2. The van der Waals surface area contributed by atoms with Gasteiger partial charge in [0.1, 0.15) is 11.6 Å². The van der Waals surface area contributed by atoms with Gasteiger partial charge in [0.05, 0.1) is 0 Å². The highest BCUT2D eigenvalue weighted by Gasteiger charge is 2.27. The average molecular weight is 224 g/mol. The van der Waals surface area contributed by atoms with Crippen LogP contribution in [0.25, 0.3) is 0 Å². The van der Waals surface area contributed by atoms with Crippen molar-refractivity contribution in [2.24, 2.45) is 5.92 Å². The molecular weight excluding hydrogens is 206 g/mol. The van der Waals surface area contributed by atoms with Crippen molar-refractivity contribution in [3.05, 3.63) is 34.9 Å². The smallest absolute Gasteiger partial charge is 0.129 e. The van der Waals surface area contributed by atoms with E-state index in [1.54, 1.807) is 0 Å². The molecule has 0 N–H and O–H groups in total. The van der Waals surface area contributed by atoms with E-state index in [1.807, 2.05) is 20.8 Å². The molecule has 0 aromatic heterocycles. The van der Waals surface area contributed by atoms with Crippen LogP contribution in [0.2, 0.25) is 0 Å². The van der Waals surface area contributed by atoms with E-state index in [2.05, 4.69) is 0 Å². The Morgan fingerprint density at radius 2 is 1.56 bits per heavy atom. The standard InChI is InChI=1S/C14H18F2/c1-8(2)9(3)14-12(15)6-11(7-13(14)16)10-4-5-10/h6-10H,4-5H2,1-3H3/t9-/m1/s1. The quantitative estimate of drug-likeness (QED) is 0.703. The minimum atomic E-state index is -0.372. The van der Waals surface area contributed by atoms with Crippen LogP contribution in [-0.2, 0) is 0 Å². The third-order valence-corrected chi connectivity index (χ3v) is 3.61. The summed E-state index contributed by atoms with van der Waals surface area (Å²) in [6.07, 6.45) is 2.13. The lowest BCUT2D eigenvalue weighted by Gasteiger charge is -2.18. The maximum Gasteiger partial charge on any atom is 0.129 e. The van der Waals surface area contributed by atoms with Crippen molar-refractivity contribution in [3.63, 3.8) is 0 Å². The second-order valence-corrected chi connectivity index (χ2v) is 5.21. The summed E-state index contributed by atoms with van der Waals surface area (Å²) >= 11 is 0. The Labute approximate surface area is 95.7 Å². The Morgan fingerprint density at radius 3 is 1.94 bits per heavy atom. The molecule has 1 aliphatic carbocycles. The van der Waals surface area contributed by atoms with Crippen LogP contribution in [-0.4, -0.2) is 0 Å². The van der Waals surface area contributed by atoms with Gasteiger partial charge < -0.3 is 0 Å². The fourth-order valence-corrected chi connectivity index (χ4v) is 2.02.